The number of nitrogens with one attached hydrogen (secondary N) is 1. The fourth-order valence-corrected chi connectivity index (χ4v) is 10.7. The second kappa shape index (κ2) is 12.9. The average Bonchev–Trinajstić information content (AvgIpc) is 3.38. The van der Waals surface area contributed by atoms with Gasteiger partial charge in [0.15, 0.2) is 0 Å². The third-order valence-electron chi connectivity index (χ3n) is 8.17. The van der Waals surface area contributed by atoms with Crippen molar-refractivity contribution in [3.63, 3.8) is 0 Å². The zero-order chi connectivity index (χ0) is 30.6. The maximum absolute atomic E-state index is 12.8. The molecule has 1 aliphatic heterocycles. The molecule has 1 aromatic heterocycles. The number of nitrogens with zero attached hydrogens (tertiary/aromatic N) is 1. The lowest BCUT2D eigenvalue weighted by atomic mass is 10.1. The van der Waals surface area contributed by atoms with Gasteiger partial charge in [-0.2, -0.15) is 0 Å². The molecule has 43 heavy (non-hydrogen) atoms. The summed E-state index contributed by atoms with van der Waals surface area (Å²) in [6, 6.07) is 30.4. The van der Waals surface area contributed by atoms with E-state index in [0.717, 1.165) is 15.9 Å². The van der Waals surface area contributed by atoms with Crippen LogP contribution in [0.2, 0.25) is 5.04 Å². The minimum atomic E-state index is -3.00. The zero-order valence-corrected chi connectivity index (χ0v) is 26.2. The van der Waals surface area contributed by atoms with E-state index >= 15 is 0 Å². The number of hydrogen-bond donors (Lipinski definition) is 2. The topological polar surface area (TPSA) is 109 Å². The number of rotatable bonds is 10. The number of H-pyrrole nitrogens is 1. The van der Waals surface area contributed by atoms with Gasteiger partial charge in [0.25, 0.3) is 13.9 Å². The lowest BCUT2D eigenvalue weighted by molar-refractivity contribution is -0.0843. The number of nitrogens with two attached hydrogens (primary N) is 1. The molecule has 1 unspecified atom stereocenters. The molecule has 0 bridgehead atoms. The number of hydrogen-bond acceptors (Lipinski definition) is 6. The first kappa shape index (κ1) is 30.8. The maximum atomic E-state index is 12.8. The van der Waals surface area contributed by atoms with E-state index in [-0.39, 0.29) is 11.6 Å². The third-order valence-corrected chi connectivity index (χ3v) is 13.2. The molecular formula is C34H41N3O5Si. The molecule has 0 saturated carbocycles. The lowest BCUT2D eigenvalue weighted by Gasteiger charge is -2.46. The Morgan fingerprint density at radius 1 is 0.953 bits per heavy atom. The molecule has 0 radical (unpaired) electrons. The molecule has 4 aromatic rings. The maximum Gasteiger partial charge on any atom is 0.330 e. The van der Waals surface area contributed by atoms with E-state index in [4.69, 9.17) is 19.6 Å². The minimum Gasteiger partial charge on any atom is -0.399 e. The second-order valence-corrected chi connectivity index (χ2v) is 16.5. The van der Waals surface area contributed by atoms with Crippen LogP contribution in [-0.2, 0) is 20.5 Å². The van der Waals surface area contributed by atoms with Gasteiger partial charge in [0.2, 0.25) is 0 Å². The highest BCUT2D eigenvalue weighted by Crippen LogP contribution is 2.39. The molecular weight excluding hydrogens is 558 g/mol. The zero-order valence-electron chi connectivity index (χ0n) is 25.2. The Bertz CT molecular complexity index is 1560. The quantitative estimate of drug-likeness (QED) is 0.270. The summed E-state index contributed by atoms with van der Waals surface area (Å²) in [6.07, 6.45) is 0.152. The van der Waals surface area contributed by atoms with Crippen LogP contribution in [0, 0.1) is 6.92 Å². The Balaban J connectivity index is 1.55. The van der Waals surface area contributed by atoms with Gasteiger partial charge >= 0.3 is 5.69 Å². The van der Waals surface area contributed by atoms with Crippen molar-refractivity contribution in [2.24, 2.45) is 5.73 Å². The summed E-state index contributed by atoms with van der Waals surface area (Å²) in [7, 11) is -3.00. The number of aromatic nitrogens is 2. The van der Waals surface area contributed by atoms with E-state index in [1.807, 2.05) is 42.5 Å². The normalized spacial score (nSPS) is 19.8. The molecule has 1 fully saturated rings. The van der Waals surface area contributed by atoms with E-state index in [9.17, 15) is 9.59 Å². The molecule has 226 valence electrons. The van der Waals surface area contributed by atoms with Gasteiger partial charge in [0.05, 0.1) is 19.3 Å². The Morgan fingerprint density at radius 2 is 1.51 bits per heavy atom. The van der Waals surface area contributed by atoms with Crippen LogP contribution in [0.5, 0.6) is 0 Å². The SMILES string of the molecule is Cc1cn([C@H]2C[C@H](N)[C@@H](C(COCc3ccccc3)O[Si](c3ccccc3)(c3ccccc3)C(C)(C)C)O2)c(=O)[nH]c1=O. The van der Waals surface area contributed by atoms with Gasteiger partial charge in [-0.15, -0.1) is 0 Å². The first-order valence-electron chi connectivity index (χ1n) is 14.7. The molecule has 5 rings (SSSR count). The van der Waals surface area contributed by atoms with Gasteiger partial charge in [0.1, 0.15) is 12.3 Å². The molecule has 0 aliphatic carbocycles. The molecule has 2 heterocycles. The number of benzene rings is 3. The van der Waals surface area contributed by atoms with Crippen molar-refractivity contribution >= 4 is 18.7 Å². The average molecular weight is 600 g/mol. The monoisotopic (exact) mass is 599 g/mol. The van der Waals surface area contributed by atoms with Crippen LogP contribution in [0.1, 0.15) is 44.5 Å². The summed E-state index contributed by atoms with van der Waals surface area (Å²) >= 11 is 0. The molecule has 9 heteroatoms. The number of ether oxygens (including phenoxy) is 2. The van der Waals surface area contributed by atoms with E-state index < -0.39 is 44.0 Å². The molecule has 3 aromatic carbocycles. The van der Waals surface area contributed by atoms with Crippen molar-refractivity contribution in [2.75, 3.05) is 6.61 Å². The number of aromatic amines is 1. The van der Waals surface area contributed by atoms with Crippen molar-refractivity contribution in [1.82, 2.24) is 9.55 Å². The molecule has 1 saturated heterocycles. The van der Waals surface area contributed by atoms with Gasteiger partial charge in [-0.1, -0.05) is 112 Å². The molecule has 3 N–H and O–H groups in total. The largest absolute Gasteiger partial charge is 0.399 e. The van der Waals surface area contributed by atoms with E-state index in [1.54, 1.807) is 6.92 Å². The summed E-state index contributed by atoms with van der Waals surface area (Å²) in [6.45, 7) is 8.98. The summed E-state index contributed by atoms with van der Waals surface area (Å²) in [5, 5.41) is 2.00. The summed E-state index contributed by atoms with van der Waals surface area (Å²) in [5.74, 6) is 0. The minimum absolute atomic E-state index is 0.240. The Hall–Kier alpha value is -3.60. The van der Waals surface area contributed by atoms with Crippen LogP contribution in [-0.4, -0.2) is 42.7 Å². The van der Waals surface area contributed by atoms with Crippen molar-refractivity contribution in [2.45, 2.75) is 70.2 Å². The Kier molecular flexibility index (Phi) is 9.29. The second-order valence-electron chi connectivity index (χ2n) is 12.3. The molecule has 0 amide bonds. The first-order chi connectivity index (χ1) is 20.6. The predicted molar refractivity (Wildman–Crippen MR) is 171 cm³/mol. The van der Waals surface area contributed by atoms with Gasteiger partial charge < -0.3 is 19.6 Å². The van der Waals surface area contributed by atoms with Crippen molar-refractivity contribution in [1.29, 1.82) is 0 Å². The first-order valence-corrected chi connectivity index (χ1v) is 16.6. The van der Waals surface area contributed by atoms with Crippen LogP contribution in [0.3, 0.4) is 0 Å². The molecule has 8 nitrogen and oxygen atoms in total. The highest BCUT2D eigenvalue weighted by molar-refractivity contribution is 6.99. The summed E-state index contributed by atoms with van der Waals surface area (Å²) < 4.78 is 21.8. The number of aryl methyl sites for hydroxylation is 1. The van der Waals surface area contributed by atoms with Crippen molar-refractivity contribution < 1.29 is 13.9 Å². The van der Waals surface area contributed by atoms with Crippen LogP contribution in [0.15, 0.2) is 107 Å². The fourth-order valence-electron chi connectivity index (χ4n) is 6.03. The van der Waals surface area contributed by atoms with Gasteiger partial charge in [0, 0.05) is 24.2 Å². The van der Waals surface area contributed by atoms with Crippen molar-refractivity contribution in [3.8, 4) is 0 Å². The Morgan fingerprint density at radius 3 is 2.07 bits per heavy atom. The van der Waals surface area contributed by atoms with E-state index in [1.165, 1.54) is 10.8 Å². The molecule has 1 aliphatic rings. The van der Waals surface area contributed by atoms with Gasteiger partial charge in [-0.3, -0.25) is 14.3 Å². The van der Waals surface area contributed by atoms with E-state index in [0.29, 0.717) is 18.6 Å². The molecule has 4 atom stereocenters. The smallest absolute Gasteiger partial charge is 0.330 e. The lowest BCUT2D eigenvalue weighted by Crippen LogP contribution is -2.69. The summed E-state index contributed by atoms with van der Waals surface area (Å²) in [5.41, 5.74) is 7.31. The van der Waals surface area contributed by atoms with Crippen LogP contribution < -0.4 is 27.4 Å². The van der Waals surface area contributed by atoms with Crippen LogP contribution in [0.4, 0.5) is 0 Å². The fraction of sp³-hybridized carbons (Fsp3) is 0.353. The van der Waals surface area contributed by atoms with Crippen LogP contribution in [0.25, 0.3) is 0 Å². The van der Waals surface area contributed by atoms with Crippen molar-refractivity contribution in [3.05, 3.63) is 129 Å². The highest BCUT2D eigenvalue weighted by atomic mass is 28.4. The highest BCUT2D eigenvalue weighted by Gasteiger charge is 2.53. The van der Waals surface area contributed by atoms with E-state index in [2.05, 4.69) is 74.3 Å². The van der Waals surface area contributed by atoms with Gasteiger partial charge in [-0.25, -0.2) is 4.79 Å². The summed E-state index contributed by atoms with van der Waals surface area (Å²) in [4.78, 5) is 27.2. The molecule has 0 spiro atoms. The Labute approximate surface area is 253 Å². The standard InChI is InChI=1S/C34H41N3O5Si/c1-24-21-37(33(39)36-32(24)38)30-20-28(35)31(41-30)29(23-40-22-25-14-8-5-9-15-25)42-43(34(2,3)4,26-16-10-6-11-17-26)27-18-12-7-13-19-27/h5-19,21,28-31H,20,22-23,35H2,1-4H3,(H,36,38,39)/t28-,29?,30+,31-/m0/s1. The third kappa shape index (κ3) is 6.51. The van der Waals surface area contributed by atoms with Crippen LogP contribution >= 0.6 is 0 Å². The van der Waals surface area contributed by atoms with Gasteiger partial charge in [-0.05, 0) is 27.9 Å². The predicted octanol–water partition coefficient (Wildman–Crippen LogP) is 3.62.